The Morgan fingerprint density at radius 1 is 0.882 bits per heavy atom. The normalized spacial score (nSPS) is 12.3. The summed E-state index contributed by atoms with van der Waals surface area (Å²) in [5.74, 6) is 1.27. The van der Waals surface area contributed by atoms with Crippen molar-refractivity contribution in [2.75, 3.05) is 0 Å². The van der Waals surface area contributed by atoms with Crippen molar-refractivity contribution in [1.29, 1.82) is 0 Å². The molecule has 1 nitrogen and oxygen atoms in total. The van der Waals surface area contributed by atoms with Gasteiger partial charge >= 0.3 is 0 Å². The molecule has 2 aromatic rings. The van der Waals surface area contributed by atoms with Crippen LogP contribution in [0.25, 0.3) is 0 Å². The summed E-state index contributed by atoms with van der Waals surface area (Å²) in [4.78, 5) is 0. The molecule has 2 rings (SSSR count). The van der Waals surface area contributed by atoms with Crippen LogP contribution in [0.4, 0.5) is 0 Å². The maximum atomic E-state index is 12.0. The third kappa shape index (κ3) is 3.82. The molecule has 0 aliphatic heterocycles. The van der Waals surface area contributed by atoms with E-state index in [1.807, 2.05) is 42.5 Å². The van der Waals surface area contributed by atoms with E-state index < -0.39 is 10.8 Å². The molecule has 0 saturated carbocycles. The number of aryl methyl sites for hydroxylation is 1. The fourth-order valence-corrected chi connectivity index (χ4v) is 3.02. The van der Waals surface area contributed by atoms with Crippen molar-refractivity contribution in [1.82, 2.24) is 0 Å². The van der Waals surface area contributed by atoms with E-state index in [1.54, 1.807) is 0 Å². The van der Waals surface area contributed by atoms with Gasteiger partial charge in [0, 0.05) is 22.3 Å². The third-order valence-electron chi connectivity index (χ3n) is 2.58. The monoisotopic (exact) mass is 244 g/mol. The van der Waals surface area contributed by atoms with Crippen LogP contribution in [0.2, 0.25) is 0 Å². The lowest BCUT2D eigenvalue weighted by atomic mass is 10.2. The summed E-state index contributed by atoms with van der Waals surface area (Å²) in [5, 5.41) is 0. The highest BCUT2D eigenvalue weighted by Crippen LogP contribution is 2.10. The molecule has 0 saturated heterocycles. The van der Waals surface area contributed by atoms with Crippen molar-refractivity contribution in [3.63, 3.8) is 0 Å². The van der Waals surface area contributed by atoms with Gasteiger partial charge in [0.15, 0.2) is 0 Å². The molecule has 0 aliphatic rings. The van der Waals surface area contributed by atoms with Crippen LogP contribution in [0.5, 0.6) is 0 Å². The van der Waals surface area contributed by atoms with E-state index in [1.165, 1.54) is 5.56 Å². The minimum atomic E-state index is -0.830. The third-order valence-corrected chi connectivity index (χ3v) is 3.89. The first-order chi connectivity index (χ1) is 8.24. The predicted octanol–water partition coefficient (Wildman–Crippen LogP) is 3.44. The summed E-state index contributed by atoms with van der Waals surface area (Å²) in [6, 6.07) is 18.2. The molecule has 2 heteroatoms. The maximum Gasteiger partial charge on any atom is 0.0489 e. The molecule has 0 radical (unpaired) electrons. The zero-order valence-corrected chi connectivity index (χ0v) is 10.7. The van der Waals surface area contributed by atoms with E-state index in [2.05, 4.69) is 19.1 Å². The van der Waals surface area contributed by atoms with Gasteiger partial charge in [-0.3, -0.25) is 4.21 Å². The summed E-state index contributed by atoms with van der Waals surface area (Å²) >= 11 is 0. The lowest BCUT2D eigenvalue weighted by molar-refractivity contribution is 0.682. The first-order valence-electron chi connectivity index (χ1n) is 5.68. The SMILES string of the molecule is Cc1cccc(C[S@@](=O)Cc2ccccc2)c1. The van der Waals surface area contributed by atoms with Crippen LogP contribution in [-0.4, -0.2) is 4.21 Å². The van der Waals surface area contributed by atoms with E-state index in [0.717, 1.165) is 11.1 Å². The van der Waals surface area contributed by atoms with Crippen molar-refractivity contribution in [2.24, 2.45) is 0 Å². The summed E-state index contributed by atoms with van der Waals surface area (Å²) < 4.78 is 12.0. The highest BCUT2D eigenvalue weighted by molar-refractivity contribution is 7.83. The molecule has 2 aromatic carbocycles. The minimum Gasteiger partial charge on any atom is -0.259 e. The van der Waals surface area contributed by atoms with E-state index in [0.29, 0.717) is 11.5 Å². The Labute approximate surface area is 105 Å². The van der Waals surface area contributed by atoms with E-state index in [9.17, 15) is 4.21 Å². The van der Waals surface area contributed by atoms with Crippen LogP contribution in [-0.2, 0) is 22.3 Å². The smallest absolute Gasteiger partial charge is 0.0489 e. The second kappa shape index (κ2) is 5.78. The average Bonchev–Trinajstić information content (AvgIpc) is 2.30. The van der Waals surface area contributed by atoms with Crippen molar-refractivity contribution in [2.45, 2.75) is 18.4 Å². The summed E-state index contributed by atoms with van der Waals surface area (Å²) in [6.07, 6.45) is 0. The van der Waals surface area contributed by atoms with Gasteiger partial charge < -0.3 is 0 Å². The van der Waals surface area contributed by atoms with Crippen molar-refractivity contribution < 1.29 is 4.21 Å². The van der Waals surface area contributed by atoms with Gasteiger partial charge in [-0.1, -0.05) is 60.2 Å². The van der Waals surface area contributed by atoms with Crippen LogP contribution < -0.4 is 0 Å². The standard InChI is InChI=1S/C15H16OS/c1-13-6-5-9-15(10-13)12-17(16)11-14-7-3-2-4-8-14/h2-10H,11-12H2,1H3/t17-/m0/s1. The van der Waals surface area contributed by atoms with Gasteiger partial charge in [-0.15, -0.1) is 0 Å². The van der Waals surface area contributed by atoms with Gasteiger partial charge in [-0.05, 0) is 18.1 Å². The molecule has 0 heterocycles. The average molecular weight is 244 g/mol. The van der Waals surface area contributed by atoms with Crippen LogP contribution in [0.15, 0.2) is 54.6 Å². The zero-order chi connectivity index (χ0) is 12.1. The van der Waals surface area contributed by atoms with Crippen molar-refractivity contribution in [3.05, 3.63) is 71.3 Å². The largest absolute Gasteiger partial charge is 0.259 e. The van der Waals surface area contributed by atoms with Crippen molar-refractivity contribution in [3.8, 4) is 0 Å². The summed E-state index contributed by atoms with van der Waals surface area (Å²) in [5.41, 5.74) is 3.51. The van der Waals surface area contributed by atoms with Gasteiger partial charge in [0.05, 0.1) is 0 Å². The fourth-order valence-electron chi connectivity index (χ4n) is 1.80. The molecule has 0 amide bonds. The van der Waals surface area contributed by atoms with Crippen LogP contribution in [0, 0.1) is 6.92 Å². The van der Waals surface area contributed by atoms with Gasteiger partial charge in [0.25, 0.3) is 0 Å². The van der Waals surface area contributed by atoms with Gasteiger partial charge in [0.1, 0.15) is 0 Å². The molecule has 0 fully saturated rings. The second-order valence-electron chi connectivity index (χ2n) is 4.20. The molecular weight excluding hydrogens is 228 g/mol. The van der Waals surface area contributed by atoms with E-state index >= 15 is 0 Å². The first kappa shape index (κ1) is 12.1. The molecule has 0 bridgehead atoms. The van der Waals surface area contributed by atoms with Gasteiger partial charge in [-0.25, -0.2) is 0 Å². The predicted molar refractivity (Wildman–Crippen MR) is 73.2 cm³/mol. The highest BCUT2D eigenvalue weighted by Gasteiger charge is 2.03. The fraction of sp³-hybridized carbons (Fsp3) is 0.200. The number of hydrogen-bond donors (Lipinski definition) is 0. The van der Waals surface area contributed by atoms with Gasteiger partial charge in [-0.2, -0.15) is 0 Å². The number of hydrogen-bond acceptors (Lipinski definition) is 1. The highest BCUT2D eigenvalue weighted by atomic mass is 32.2. The molecule has 0 aromatic heterocycles. The second-order valence-corrected chi connectivity index (χ2v) is 5.66. The van der Waals surface area contributed by atoms with Crippen LogP contribution in [0.1, 0.15) is 16.7 Å². The van der Waals surface area contributed by atoms with E-state index in [4.69, 9.17) is 0 Å². The zero-order valence-electron chi connectivity index (χ0n) is 9.93. The summed E-state index contributed by atoms with van der Waals surface area (Å²) in [7, 11) is -0.830. The van der Waals surface area contributed by atoms with Crippen molar-refractivity contribution >= 4 is 10.8 Å². The van der Waals surface area contributed by atoms with Gasteiger partial charge in [0.2, 0.25) is 0 Å². The molecule has 0 unspecified atom stereocenters. The maximum absolute atomic E-state index is 12.0. The molecular formula is C15H16OS. The van der Waals surface area contributed by atoms with Crippen LogP contribution >= 0.6 is 0 Å². The Balaban J connectivity index is 1.98. The summed E-state index contributed by atoms with van der Waals surface area (Å²) in [6.45, 7) is 2.06. The molecule has 0 aliphatic carbocycles. The lowest BCUT2D eigenvalue weighted by Crippen LogP contribution is -1.99. The number of benzene rings is 2. The molecule has 0 N–H and O–H groups in total. The Kier molecular flexibility index (Phi) is 4.10. The Bertz CT molecular complexity index is 505. The Hall–Kier alpha value is -1.41. The molecule has 88 valence electrons. The quantitative estimate of drug-likeness (QED) is 0.805. The molecule has 0 spiro atoms. The van der Waals surface area contributed by atoms with E-state index in [-0.39, 0.29) is 0 Å². The number of rotatable bonds is 4. The Morgan fingerprint density at radius 3 is 2.24 bits per heavy atom. The minimum absolute atomic E-state index is 0.634. The topological polar surface area (TPSA) is 17.1 Å². The molecule has 17 heavy (non-hydrogen) atoms. The first-order valence-corrected chi connectivity index (χ1v) is 7.17. The Morgan fingerprint density at radius 2 is 1.53 bits per heavy atom. The lowest BCUT2D eigenvalue weighted by Gasteiger charge is -2.03. The molecule has 1 atom stereocenters. The van der Waals surface area contributed by atoms with Crippen LogP contribution in [0.3, 0.4) is 0 Å².